The van der Waals surface area contributed by atoms with E-state index in [4.69, 9.17) is 19.9 Å². The number of aryl methyl sites for hydroxylation is 1. The molecule has 2 N–H and O–H groups in total. The fraction of sp³-hybridized carbons (Fsp3) is 0.316. The average molecular weight is 341 g/mol. The van der Waals surface area contributed by atoms with Crippen molar-refractivity contribution < 1.29 is 14.2 Å². The van der Waals surface area contributed by atoms with Crippen LogP contribution in [0.15, 0.2) is 36.4 Å². The summed E-state index contributed by atoms with van der Waals surface area (Å²) in [6.45, 7) is 3.56. The summed E-state index contributed by atoms with van der Waals surface area (Å²) in [5, 5.41) is 0. The van der Waals surface area contributed by atoms with E-state index in [0.29, 0.717) is 31.2 Å². The molecule has 0 atom stereocenters. The van der Waals surface area contributed by atoms with Gasteiger partial charge in [0.2, 0.25) is 0 Å². The molecule has 0 fully saturated rings. The van der Waals surface area contributed by atoms with Gasteiger partial charge in [-0.3, -0.25) is 0 Å². The minimum absolute atomic E-state index is 0.351. The molecule has 132 valence electrons. The van der Waals surface area contributed by atoms with Gasteiger partial charge in [0.05, 0.1) is 38.3 Å². The number of nitrogens with zero attached hydrogens (tertiary/aromatic N) is 2. The maximum atomic E-state index is 5.87. The zero-order chi connectivity index (χ0) is 17.8. The van der Waals surface area contributed by atoms with E-state index in [1.165, 1.54) is 5.56 Å². The Labute approximate surface area is 147 Å². The maximum Gasteiger partial charge on any atom is 0.163 e. The van der Waals surface area contributed by atoms with Gasteiger partial charge in [-0.15, -0.1) is 0 Å². The van der Waals surface area contributed by atoms with Crippen LogP contribution < -0.4 is 19.9 Å². The van der Waals surface area contributed by atoms with E-state index in [9.17, 15) is 0 Å². The van der Waals surface area contributed by atoms with Crippen LogP contribution in [0.3, 0.4) is 0 Å². The molecular weight excluding hydrogens is 318 g/mol. The van der Waals surface area contributed by atoms with Gasteiger partial charge in [0.1, 0.15) is 18.2 Å². The normalized spacial score (nSPS) is 10.9. The van der Waals surface area contributed by atoms with Gasteiger partial charge in [0.15, 0.2) is 11.5 Å². The highest BCUT2D eigenvalue weighted by Gasteiger charge is 2.14. The lowest BCUT2D eigenvalue weighted by Gasteiger charge is -2.12. The lowest BCUT2D eigenvalue weighted by Crippen LogP contribution is -2.13. The van der Waals surface area contributed by atoms with Crippen molar-refractivity contribution in [2.24, 2.45) is 5.73 Å². The zero-order valence-electron chi connectivity index (χ0n) is 14.8. The molecule has 0 spiro atoms. The van der Waals surface area contributed by atoms with Crippen molar-refractivity contribution in [2.75, 3.05) is 20.8 Å². The predicted octanol–water partition coefficient (Wildman–Crippen LogP) is 2.90. The molecule has 0 unspecified atom stereocenters. The second-order valence-corrected chi connectivity index (χ2v) is 5.74. The molecule has 6 nitrogen and oxygen atoms in total. The van der Waals surface area contributed by atoms with Gasteiger partial charge in [-0.2, -0.15) is 0 Å². The third-order valence-electron chi connectivity index (χ3n) is 4.09. The van der Waals surface area contributed by atoms with E-state index < -0.39 is 0 Å². The fourth-order valence-corrected chi connectivity index (χ4v) is 2.87. The van der Waals surface area contributed by atoms with Crippen molar-refractivity contribution in [1.29, 1.82) is 0 Å². The lowest BCUT2D eigenvalue weighted by atomic mass is 10.2. The Morgan fingerprint density at radius 1 is 1.08 bits per heavy atom. The quantitative estimate of drug-likeness (QED) is 0.715. The zero-order valence-corrected chi connectivity index (χ0v) is 14.8. The van der Waals surface area contributed by atoms with Crippen molar-refractivity contribution in [3.8, 4) is 17.2 Å². The standard InChI is InChI=1S/C19H23N3O3/c1-13-5-4-6-14(9-13)25-8-7-22-16-11-18(24-3)17(23-2)10-15(16)21-19(22)12-20/h4-6,9-11H,7-8,12,20H2,1-3H3. The average Bonchev–Trinajstić information content (AvgIpc) is 2.97. The molecule has 0 amide bonds. The van der Waals surface area contributed by atoms with Crippen LogP contribution in [-0.2, 0) is 13.1 Å². The van der Waals surface area contributed by atoms with E-state index in [-0.39, 0.29) is 0 Å². The number of hydrogen-bond donors (Lipinski definition) is 1. The number of imidazole rings is 1. The number of ether oxygens (including phenoxy) is 3. The van der Waals surface area contributed by atoms with E-state index in [2.05, 4.69) is 9.55 Å². The Hall–Kier alpha value is -2.73. The van der Waals surface area contributed by atoms with Crippen LogP contribution in [0.4, 0.5) is 0 Å². The molecule has 0 saturated carbocycles. The summed E-state index contributed by atoms with van der Waals surface area (Å²) >= 11 is 0. The monoisotopic (exact) mass is 341 g/mol. The largest absolute Gasteiger partial charge is 0.493 e. The number of hydrogen-bond acceptors (Lipinski definition) is 5. The third-order valence-corrected chi connectivity index (χ3v) is 4.09. The highest BCUT2D eigenvalue weighted by atomic mass is 16.5. The smallest absolute Gasteiger partial charge is 0.163 e. The first kappa shape index (κ1) is 17.1. The lowest BCUT2D eigenvalue weighted by molar-refractivity contribution is 0.298. The van der Waals surface area contributed by atoms with Crippen LogP contribution in [0.25, 0.3) is 11.0 Å². The summed E-state index contributed by atoms with van der Waals surface area (Å²) in [5.74, 6) is 2.98. The molecule has 0 saturated heterocycles. The molecular formula is C19H23N3O3. The molecule has 0 bridgehead atoms. The first-order valence-electron chi connectivity index (χ1n) is 8.17. The topological polar surface area (TPSA) is 71.5 Å². The van der Waals surface area contributed by atoms with Gasteiger partial charge >= 0.3 is 0 Å². The highest BCUT2D eigenvalue weighted by Crippen LogP contribution is 2.32. The summed E-state index contributed by atoms with van der Waals surface area (Å²) in [6, 6.07) is 11.8. The van der Waals surface area contributed by atoms with E-state index >= 15 is 0 Å². The van der Waals surface area contributed by atoms with Crippen molar-refractivity contribution in [1.82, 2.24) is 9.55 Å². The minimum atomic E-state index is 0.351. The Kier molecular flexibility index (Phi) is 5.09. The summed E-state index contributed by atoms with van der Waals surface area (Å²) in [7, 11) is 3.23. The van der Waals surface area contributed by atoms with Gasteiger partial charge in [-0.1, -0.05) is 12.1 Å². The summed E-state index contributed by atoms with van der Waals surface area (Å²) in [6.07, 6.45) is 0. The van der Waals surface area contributed by atoms with Crippen LogP contribution >= 0.6 is 0 Å². The molecule has 1 heterocycles. The Morgan fingerprint density at radius 3 is 2.52 bits per heavy atom. The van der Waals surface area contributed by atoms with Gasteiger partial charge < -0.3 is 24.5 Å². The Bertz CT molecular complexity index is 874. The minimum Gasteiger partial charge on any atom is -0.493 e. The second kappa shape index (κ2) is 7.44. The molecule has 3 rings (SSSR count). The van der Waals surface area contributed by atoms with E-state index in [1.54, 1.807) is 14.2 Å². The number of rotatable bonds is 7. The molecule has 2 aromatic carbocycles. The molecule has 0 aliphatic heterocycles. The summed E-state index contributed by atoms with van der Waals surface area (Å²) < 4.78 is 18.7. The maximum absolute atomic E-state index is 5.87. The number of fused-ring (bicyclic) bond motifs is 1. The number of methoxy groups -OCH3 is 2. The van der Waals surface area contributed by atoms with Gasteiger partial charge in [0.25, 0.3) is 0 Å². The molecule has 1 aromatic heterocycles. The van der Waals surface area contributed by atoms with E-state index in [0.717, 1.165) is 22.6 Å². The predicted molar refractivity (Wildman–Crippen MR) is 97.4 cm³/mol. The van der Waals surface area contributed by atoms with Crippen molar-refractivity contribution in [3.05, 3.63) is 47.8 Å². The number of aromatic nitrogens is 2. The summed E-state index contributed by atoms with van der Waals surface area (Å²) in [5.41, 5.74) is 8.82. The number of nitrogens with two attached hydrogens (primary N) is 1. The summed E-state index contributed by atoms with van der Waals surface area (Å²) in [4.78, 5) is 4.60. The number of benzene rings is 2. The highest BCUT2D eigenvalue weighted by molar-refractivity contribution is 5.80. The molecule has 6 heteroatoms. The molecule has 0 aliphatic carbocycles. The van der Waals surface area contributed by atoms with Crippen LogP contribution in [-0.4, -0.2) is 30.4 Å². The van der Waals surface area contributed by atoms with Crippen LogP contribution in [0.5, 0.6) is 17.2 Å². The first-order valence-corrected chi connectivity index (χ1v) is 8.17. The molecule has 25 heavy (non-hydrogen) atoms. The molecule has 0 aliphatic rings. The van der Waals surface area contributed by atoms with Gasteiger partial charge in [-0.25, -0.2) is 4.98 Å². The molecule has 0 radical (unpaired) electrons. The van der Waals surface area contributed by atoms with Crippen LogP contribution in [0.1, 0.15) is 11.4 Å². The fourth-order valence-electron chi connectivity index (χ4n) is 2.87. The second-order valence-electron chi connectivity index (χ2n) is 5.74. The van der Waals surface area contributed by atoms with Gasteiger partial charge in [-0.05, 0) is 24.6 Å². The van der Waals surface area contributed by atoms with Crippen molar-refractivity contribution >= 4 is 11.0 Å². The molecule has 3 aromatic rings. The first-order chi connectivity index (χ1) is 12.2. The third kappa shape index (κ3) is 3.53. The SMILES string of the molecule is COc1cc2nc(CN)n(CCOc3cccc(C)c3)c2cc1OC. The van der Waals surface area contributed by atoms with Crippen molar-refractivity contribution in [3.63, 3.8) is 0 Å². The Morgan fingerprint density at radius 2 is 1.84 bits per heavy atom. The van der Waals surface area contributed by atoms with E-state index in [1.807, 2.05) is 43.3 Å². The van der Waals surface area contributed by atoms with Crippen LogP contribution in [0, 0.1) is 6.92 Å². The Balaban J connectivity index is 1.86. The van der Waals surface area contributed by atoms with Crippen LogP contribution in [0.2, 0.25) is 0 Å². The van der Waals surface area contributed by atoms with Gasteiger partial charge in [0, 0.05) is 12.1 Å². The van der Waals surface area contributed by atoms with Crippen molar-refractivity contribution in [2.45, 2.75) is 20.0 Å².